The zero-order valence-electron chi connectivity index (χ0n) is 8.16. The molecule has 70 valence electrons. The van der Waals surface area contributed by atoms with E-state index in [4.69, 9.17) is 5.11 Å². The Kier molecular flexibility index (Phi) is 4.59. The molecule has 0 amide bonds. The van der Waals surface area contributed by atoms with E-state index in [1.54, 1.807) is 13.0 Å². The molecule has 0 aromatic carbocycles. The van der Waals surface area contributed by atoms with Crippen LogP contribution in [-0.4, -0.2) is 36.1 Å². The van der Waals surface area contributed by atoms with Crippen molar-refractivity contribution in [2.45, 2.75) is 26.3 Å². The van der Waals surface area contributed by atoms with Crippen LogP contribution >= 0.6 is 0 Å². The summed E-state index contributed by atoms with van der Waals surface area (Å²) in [5.41, 5.74) is 0.420. The third kappa shape index (κ3) is 4.13. The van der Waals surface area contributed by atoms with Gasteiger partial charge in [0.05, 0.1) is 0 Å². The lowest BCUT2D eigenvalue weighted by Crippen LogP contribution is -2.23. The van der Waals surface area contributed by atoms with Gasteiger partial charge < -0.3 is 10.0 Å². The first kappa shape index (κ1) is 11.2. The van der Waals surface area contributed by atoms with E-state index in [9.17, 15) is 4.79 Å². The van der Waals surface area contributed by atoms with E-state index < -0.39 is 5.97 Å². The van der Waals surface area contributed by atoms with E-state index in [2.05, 4.69) is 11.8 Å². The highest BCUT2D eigenvalue weighted by atomic mass is 16.4. The monoisotopic (exact) mass is 171 g/mol. The van der Waals surface area contributed by atoms with Crippen molar-refractivity contribution in [2.75, 3.05) is 14.1 Å². The molecule has 0 radical (unpaired) electrons. The number of carbonyl (C=O) groups is 1. The Bertz CT molecular complexity index is 185. The first-order valence-corrected chi connectivity index (χ1v) is 4.01. The van der Waals surface area contributed by atoms with Gasteiger partial charge in [0.2, 0.25) is 0 Å². The van der Waals surface area contributed by atoms with Crippen molar-refractivity contribution < 1.29 is 9.90 Å². The van der Waals surface area contributed by atoms with Crippen LogP contribution in [0.15, 0.2) is 11.6 Å². The maximum absolute atomic E-state index is 10.4. The molecule has 0 spiro atoms. The van der Waals surface area contributed by atoms with E-state index in [0.717, 1.165) is 6.42 Å². The zero-order valence-corrected chi connectivity index (χ0v) is 8.16. The fraction of sp³-hybridized carbons (Fsp3) is 0.667. The second-order valence-electron chi connectivity index (χ2n) is 3.24. The lowest BCUT2D eigenvalue weighted by Gasteiger charge is -2.17. The Hall–Kier alpha value is -0.830. The largest absolute Gasteiger partial charge is 0.478 e. The predicted octanol–water partition coefficient (Wildman–Crippen LogP) is 1.36. The highest BCUT2D eigenvalue weighted by molar-refractivity contribution is 5.85. The first-order chi connectivity index (χ1) is 5.45. The van der Waals surface area contributed by atoms with Gasteiger partial charge in [0, 0.05) is 11.6 Å². The van der Waals surface area contributed by atoms with Gasteiger partial charge in [-0.1, -0.05) is 6.08 Å². The minimum absolute atomic E-state index is 0.388. The van der Waals surface area contributed by atoms with Crippen molar-refractivity contribution in [3.8, 4) is 0 Å². The quantitative estimate of drug-likeness (QED) is 0.649. The van der Waals surface area contributed by atoms with Crippen LogP contribution in [0.1, 0.15) is 20.3 Å². The predicted molar refractivity (Wildman–Crippen MR) is 49.2 cm³/mol. The summed E-state index contributed by atoms with van der Waals surface area (Å²) < 4.78 is 0. The van der Waals surface area contributed by atoms with Crippen LogP contribution in [-0.2, 0) is 4.79 Å². The summed E-state index contributed by atoms with van der Waals surface area (Å²) in [5, 5.41) is 8.55. The molecule has 12 heavy (non-hydrogen) atoms. The van der Waals surface area contributed by atoms with E-state index >= 15 is 0 Å². The maximum Gasteiger partial charge on any atom is 0.330 e. The molecule has 0 aliphatic heterocycles. The van der Waals surface area contributed by atoms with Crippen molar-refractivity contribution in [2.24, 2.45) is 0 Å². The molecule has 0 rings (SSSR count). The summed E-state index contributed by atoms with van der Waals surface area (Å²) in [6, 6.07) is 0.388. The van der Waals surface area contributed by atoms with Gasteiger partial charge in [0.25, 0.3) is 0 Å². The number of carboxylic acids is 1. The lowest BCUT2D eigenvalue weighted by atomic mass is 10.1. The summed E-state index contributed by atoms with van der Waals surface area (Å²) in [4.78, 5) is 12.5. The number of hydrogen-bond donors (Lipinski definition) is 1. The molecule has 0 fully saturated rings. The third-order valence-electron chi connectivity index (χ3n) is 1.98. The van der Waals surface area contributed by atoms with E-state index in [1.165, 1.54) is 0 Å². The molecule has 0 bridgehead atoms. The summed E-state index contributed by atoms with van der Waals surface area (Å²) >= 11 is 0. The third-order valence-corrected chi connectivity index (χ3v) is 1.98. The SMILES string of the molecule is CC(=CCC(C)N(C)C)C(=O)O. The molecule has 1 atom stereocenters. The van der Waals surface area contributed by atoms with Gasteiger partial charge in [-0.25, -0.2) is 4.79 Å². The molecule has 1 N–H and O–H groups in total. The van der Waals surface area contributed by atoms with Crippen molar-refractivity contribution in [3.05, 3.63) is 11.6 Å². The smallest absolute Gasteiger partial charge is 0.330 e. The number of hydrogen-bond acceptors (Lipinski definition) is 2. The molecule has 0 aromatic rings. The Balaban J connectivity index is 3.96. The Morgan fingerprint density at radius 2 is 2.08 bits per heavy atom. The normalized spacial score (nSPS) is 14.9. The van der Waals surface area contributed by atoms with Gasteiger partial charge in [-0.15, -0.1) is 0 Å². The molecule has 0 aromatic heterocycles. The van der Waals surface area contributed by atoms with Crippen LogP contribution in [0.3, 0.4) is 0 Å². The second-order valence-corrected chi connectivity index (χ2v) is 3.24. The molecule has 0 aliphatic carbocycles. The average Bonchev–Trinajstić information content (AvgIpc) is 1.98. The maximum atomic E-state index is 10.4. The fourth-order valence-electron chi connectivity index (χ4n) is 0.645. The van der Waals surface area contributed by atoms with Crippen LogP contribution in [0.25, 0.3) is 0 Å². The molecule has 3 heteroatoms. The van der Waals surface area contributed by atoms with Crippen LogP contribution < -0.4 is 0 Å². The van der Waals surface area contributed by atoms with Gasteiger partial charge >= 0.3 is 5.97 Å². The minimum atomic E-state index is -0.832. The second kappa shape index (κ2) is 4.93. The first-order valence-electron chi connectivity index (χ1n) is 4.01. The van der Waals surface area contributed by atoms with E-state index in [-0.39, 0.29) is 0 Å². The van der Waals surface area contributed by atoms with Crippen LogP contribution in [0.5, 0.6) is 0 Å². The standard InChI is InChI=1S/C9H17NO2/c1-7(9(11)12)5-6-8(2)10(3)4/h5,8H,6H2,1-4H3,(H,11,12). The summed E-state index contributed by atoms with van der Waals surface area (Å²) in [5.74, 6) is -0.832. The summed E-state index contributed by atoms with van der Waals surface area (Å²) in [7, 11) is 3.96. The molecule has 0 saturated carbocycles. The van der Waals surface area contributed by atoms with Crippen molar-refractivity contribution >= 4 is 5.97 Å². The van der Waals surface area contributed by atoms with E-state index in [0.29, 0.717) is 11.6 Å². The molecule has 1 unspecified atom stereocenters. The van der Waals surface area contributed by atoms with Gasteiger partial charge in [-0.3, -0.25) is 0 Å². The van der Waals surface area contributed by atoms with Gasteiger partial charge in [0.1, 0.15) is 0 Å². The molecule has 0 heterocycles. The van der Waals surface area contributed by atoms with Crippen molar-refractivity contribution in [3.63, 3.8) is 0 Å². The molecule has 0 aliphatic rings. The number of aliphatic carboxylic acids is 1. The molecule has 3 nitrogen and oxygen atoms in total. The Labute approximate surface area is 73.7 Å². The van der Waals surface area contributed by atoms with Crippen LogP contribution in [0, 0.1) is 0 Å². The number of nitrogens with zero attached hydrogens (tertiary/aromatic N) is 1. The average molecular weight is 171 g/mol. The van der Waals surface area contributed by atoms with Crippen LogP contribution in [0.2, 0.25) is 0 Å². The van der Waals surface area contributed by atoms with E-state index in [1.807, 2.05) is 14.1 Å². The molecular weight excluding hydrogens is 154 g/mol. The Morgan fingerprint density at radius 3 is 2.42 bits per heavy atom. The van der Waals surface area contributed by atoms with Crippen molar-refractivity contribution in [1.29, 1.82) is 0 Å². The lowest BCUT2D eigenvalue weighted by molar-refractivity contribution is -0.132. The summed E-state index contributed by atoms with van der Waals surface area (Å²) in [6.45, 7) is 3.68. The highest BCUT2D eigenvalue weighted by Crippen LogP contribution is 2.02. The number of carboxylic acid groups (broad SMARTS) is 1. The topological polar surface area (TPSA) is 40.5 Å². The highest BCUT2D eigenvalue weighted by Gasteiger charge is 2.04. The number of rotatable bonds is 4. The summed E-state index contributed by atoms with van der Waals surface area (Å²) in [6.07, 6.45) is 2.54. The van der Waals surface area contributed by atoms with Crippen molar-refractivity contribution in [1.82, 2.24) is 4.90 Å². The van der Waals surface area contributed by atoms with Gasteiger partial charge in [-0.2, -0.15) is 0 Å². The Morgan fingerprint density at radius 1 is 1.58 bits per heavy atom. The van der Waals surface area contributed by atoms with Gasteiger partial charge in [0.15, 0.2) is 0 Å². The molecule has 0 saturated heterocycles. The van der Waals surface area contributed by atoms with Gasteiger partial charge in [-0.05, 0) is 34.4 Å². The fourth-order valence-corrected chi connectivity index (χ4v) is 0.645. The van der Waals surface area contributed by atoms with Crippen LogP contribution in [0.4, 0.5) is 0 Å². The zero-order chi connectivity index (χ0) is 9.72. The molecular formula is C9H17NO2. The minimum Gasteiger partial charge on any atom is -0.478 e.